The SMILES string of the molecule is CC1CCCN(C(=O)NCC(Cl)Cl)C1. The summed E-state index contributed by atoms with van der Waals surface area (Å²) >= 11 is 11.0. The Morgan fingerprint density at radius 1 is 1.64 bits per heavy atom. The van der Waals surface area contributed by atoms with Crippen molar-refractivity contribution in [3.8, 4) is 0 Å². The molecule has 1 heterocycles. The maximum Gasteiger partial charge on any atom is 0.317 e. The molecule has 1 saturated heterocycles. The van der Waals surface area contributed by atoms with Gasteiger partial charge in [-0.1, -0.05) is 6.92 Å². The molecule has 1 rings (SSSR count). The van der Waals surface area contributed by atoms with Crippen LogP contribution < -0.4 is 5.32 Å². The monoisotopic (exact) mass is 238 g/mol. The number of carbonyl (C=O) groups is 1. The highest BCUT2D eigenvalue weighted by molar-refractivity contribution is 6.44. The minimum absolute atomic E-state index is 0.0529. The van der Waals surface area contributed by atoms with E-state index >= 15 is 0 Å². The number of halogens is 2. The van der Waals surface area contributed by atoms with Crippen LogP contribution in [0.2, 0.25) is 0 Å². The summed E-state index contributed by atoms with van der Waals surface area (Å²) in [6, 6.07) is -0.0529. The lowest BCUT2D eigenvalue weighted by atomic mass is 10.0. The first-order valence-electron chi connectivity index (χ1n) is 4.90. The van der Waals surface area contributed by atoms with E-state index in [0.717, 1.165) is 19.5 Å². The van der Waals surface area contributed by atoms with E-state index in [1.807, 2.05) is 4.90 Å². The van der Waals surface area contributed by atoms with Gasteiger partial charge in [-0.05, 0) is 18.8 Å². The van der Waals surface area contributed by atoms with Crippen LogP contribution in [-0.2, 0) is 0 Å². The minimum Gasteiger partial charge on any atom is -0.335 e. The molecule has 3 nitrogen and oxygen atoms in total. The van der Waals surface area contributed by atoms with Crippen LogP contribution in [0.3, 0.4) is 0 Å². The molecule has 1 atom stereocenters. The highest BCUT2D eigenvalue weighted by Gasteiger charge is 2.20. The quantitative estimate of drug-likeness (QED) is 0.736. The zero-order valence-electron chi connectivity index (χ0n) is 8.30. The zero-order valence-corrected chi connectivity index (χ0v) is 9.81. The molecule has 0 aliphatic carbocycles. The first kappa shape index (κ1) is 11.9. The summed E-state index contributed by atoms with van der Waals surface area (Å²) < 4.78 is 0. The minimum atomic E-state index is -0.527. The summed E-state index contributed by atoms with van der Waals surface area (Å²) in [6.07, 6.45) is 2.29. The molecular formula is C9H16Cl2N2O. The van der Waals surface area contributed by atoms with Crippen molar-refractivity contribution in [1.29, 1.82) is 0 Å². The lowest BCUT2D eigenvalue weighted by Gasteiger charge is -2.30. The standard InChI is InChI=1S/C9H16Cl2N2O/c1-7-3-2-4-13(6-7)9(14)12-5-8(10)11/h7-8H,2-6H2,1H3,(H,12,14). The number of rotatable bonds is 2. The van der Waals surface area contributed by atoms with E-state index in [1.165, 1.54) is 6.42 Å². The summed E-state index contributed by atoms with van der Waals surface area (Å²) in [5.41, 5.74) is 0. The molecule has 82 valence electrons. The van der Waals surface area contributed by atoms with E-state index in [0.29, 0.717) is 12.5 Å². The number of nitrogens with one attached hydrogen (secondary N) is 1. The van der Waals surface area contributed by atoms with Gasteiger partial charge in [0.1, 0.15) is 4.84 Å². The molecule has 0 aromatic carbocycles. The van der Waals surface area contributed by atoms with Crippen molar-refractivity contribution in [3.63, 3.8) is 0 Å². The molecule has 0 aromatic heterocycles. The van der Waals surface area contributed by atoms with Crippen molar-refractivity contribution in [1.82, 2.24) is 10.2 Å². The average molecular weight is 239 g/mol. The Bertz CT molecular complexity index is 199. The fourth-order valence-electron chi connectivity index (χ4n) is 1.65. The summed E-state index contributed by atoms with van der Waals surface area (Å²) in [5.74, 6) is 0.595. The highest BCUT2D eigenvalue weighted by Crippen LogP contribution is 2.15. The number of piperidine rings is 1. The lowest BCUT2D eigenvalue weighted by molar-refractivity contribution is 0.170. The third-order valence-electron chi connectivity index (χ3n) is 2.35. The van der Waals surface area contributed by atoms with Crippen molar-refractivity contribution < 1.29 is 4.79 Å². The molecule has 1 aliphatic rings. The number of urea groups is 1. The van der Waals surface area contributed by atoms with Crippen molar-refractivity contribution in [2.45, 2.75) is 24.6 Å². The normalized spacial score (nSPS) is 22.6. The molecular weight excluding hydrogens is 223 g/mol. The molecule has 1 aliphatic heterocycles. The number of amides is 2. The van der Waals surface area contributed by atoms with E-state index in [9.17, 15) is 4.79 Å². The molecule has 14 heavy (non-hydrogen) atoms. The second-order valence-corrected chi connectivity index (χ2v) is 5.05. The third-order valence-corrected chi connectivity index (χ3v) is 2.66. The van der Waals surface area contributed by atoms with Gasteiger partial charge >= 0.3 is 6.03 Å². The maximum atomic E-state index is 11.5. The summed E-state index contributed by atoms with van der Waals surface area (Å²) in [4.78, 5) is 12.8. The van der Waals surface area contributed by atoms with Crippen LogP contribution in [0, 0.1) is 5.92 Å². The van der Waals surface area contributed by atoms with E-state index in [1.54, 1.807) is 0 Å². The Hall–Kier alpha value is -0.150. The molecule has 2 amide bonds. The third kappa shape index (κ3) is 3.93. The number of carbonyl (C=O) groups excluding carboxylic acids is 1. The maximum absolute atomic E-state index is 11.5. The predicted molar refractivity (Wildman–Crippen MR) is 58.9 cm³/mol. The van der Waals surface area contributed by atoms with Gasteiger partial charge in [0.15, 0.2) is 0 Å². The van der Waals surface area contributed by atoms with Gasteiger partial charge in [0.05, 0.1) is 0 Å². The average Bonchev–Trinajstić information content (AvgIpc) is 2.14. The number of likely N-dealkylation sites (tertiary alicyclic amines) is 1. The van der Waals surface area contributed by atoms with Gasteiger partial charge in [-0.2, -0.15) is 0 Å². The summed E-state index contributed by atoms with van der Waals surface area (Å²) in [7, 11) is 0. The number of alkyl halides is 2. The van der Waals surface area contributed by atoms with Gasteiger partial charge in [-0.25, -0.2) is 4.79 Å². The Kier molecular flexibility index (Phi) is 4.82. The van der Waals surface area contributed by atoms with Crippen LogP contribution in [0.15, 0.2) is 0 Å². The Morgan fingerprint density at radius 3 is 2.93 bits per heavy atom. The first-order chi connectivity index (χ1) is 6.59. The van der Waals surface area contributed by atoms with Crippen LogP contribution in [0.1, 0.15) is 19.8 Å². The highest BCUT2D eigenvalue weighted by atomic mass is 35.5. The summed E-state index contributed by atoms with van der Waals surface area (Å²) in [6.45, 7) is 4.14. The van der Waals surface area contributed by atoms with E-state index in [4.69, 9.17) is 23.2 Å². The van der Waals surface area contributed by atoms with Crippen LogP contribution >= 0.6 is 23.2 Å². The van der Waals surface area contributed by atoms with Crippen LogP contribution in [0.4, 0.5) is 4.79 Å². The second-order valence-electron chi connectivity index (χ2n) is 3.77. The second kappa shape index (κ2) is 5.66. The summed E-state index contributed by atoms with van der Waals surface area (Å²) in [5, 5.41) is 2.70. The van der Waals surface area contributed by atoms with Crippen LogP contribution in [0.5, 0.6) is 0 Å². The molecule has 5 heteroatoms. The van der Waals surface area contributed by atoms with Crippen molar-refractivity contribution in [3.05, 3.63) is 0 Å². The molecule has 0 bridgehead atoms. The fraction of sp³-hybridized carbons (Fsp3) is 0.889. The van der Waals surface area contributed by atoms with Gasteiger partial charge in [0, 0.05) is 19.6 Å². The molecule has 1 fully saturated rings. The topological polar surface area (TPSA) is 32.3 Å². The number of nitrogens with zero attached hydrogens (tertiary/aromatic N) is 1. The molecule has 0 aromatic rings. The fourth-order valence-corrected chi connectivity index (χ4v) is 1.80. The van der Waals surface area contributed by atoms with Gasteiger partial charge in [-0.3, -0.25) is 0 Å². The first-order valence-corrected chi connectivity index (χ1v) is 5.78. The Morgan fingerprint density at radius 2 is 2.36 bits per heavy atom. The molecule has 1 unspecified atom stereocenters. The van der Waals surface area contributed by atoms with Gasteiger partial charge < -0.3 is 10.2 Å². The molecule has 0 spiro atoms. The van der Waals surface area contributed by atoms with E-state index in [2.05, 4.69) is 12.2 Å². The van der Waals surface area contributed by atoms with Crippen molar-refractivity contribution >= 4 is 29.2 Å². The van der Waals surface area contributed by atoms with E-state index in [-0.39, 0.29) is 6.03 Å². The number of hydrogen-bond donors (Lipinski definition) is 1. The van der Waals surface area contributed by atoms with Crippen molar-refractivity contribution in [2.24, 2.45) is 5.92 Å². The molecule has 0 radical (unpaired) electrons. The van der Waals surface area contributed by atoms with Crippen LogP contribution in [-0.4, -0.2) is 35.4 Å². The van der Waals surface area contributed by atoms with E-state index < -0.39 is 4.84 Å². The Balaban J connectivity index is 2.29. The molecule has 0 saturated carbocycles. The van der Waals surface area contributed by atoms with Gasteiger partial charge in [0.2, 0.25) is 0 Å². The smallest absolute Gasteiger partial charge is 0.317 e. The number of hydrogen-bond acceptors (Lipinski definition) is 1. The van der Waals surface area contributed by atoms with Gasteiger partial charge in [-0.15, -0.1) is 23.2 Å². The van der Waals surface area contributed by atoms with Gasteiger partial charge in [0.25, 0.3) is 0 Å². The lowest BCUT2D eigenvalue weighted by Crippen LogP contribution is -2.46. The zero-order chi connectivity index (χ0) is 10.6. The van der Waals surface area contributed by atoms with Crippen molar-refractivity contribution in [2.75, 3.05) is 19.6 Å². The molecule has 1 N–H and O–H groups in total. The Labute approximate surface area is 94.7 Å². The van der Waals surface area contributed by atoms with Crippen LogP contribution in [0.25, 0.3) is 0 Å². The predicted octanol–water partition coefficient (Wildman–Crippen LogP) is 2.23. The largest absolute Gasteiger partial charge is 0.335 e.